The molecule has 1 saturated heterocycles. The largest absolute Gasteiger partial charge is 0.338 e. The summed E-state index contributed by atoms with van der Waals surface area (Å²) in [7, 11) is 0. The maximum atomic E-state index is 12.5. The second-order valence-corrected chi connectivity index (χ2v) is 8.69. The molecule has 1 amide bonds. The minimum atomic E-state index is -0.0472. The number of aryl methyl sites for hydroxylation is 2. The number of hydrogen-bond donors (Lipinski definition) is 2. The summed E-state index contributed by atoms with van der Waals surface area (Å²) >= 11 is 1.58. The van der Waals surface area contributed by atoms with Gasteiger partial charge < -0.3 is 15.2 Å². The molecule has 1 aliphatic rings. The van der Waals surface area contributed by atoms with Crippen LogP contribution in [-0.2, 0) is 6.42 Å². The van der Waals surface area contributed by atoms with Crippen molar-refractivity contribution in [1.82, 2.24) is 25.2 Å². The fourth-order valence-corrected chi connectivity index (χ4v) is 4.82. The Hall–Kier alpha value is -2.58. The van der Waals surface area contributed by atoms with E-state index >= 15 is 0 Å². The van der Waals surface area contributed by atoms with Crippen LogP contribution in [0.5, 0.6) is 0 Å². The highest BCUT2D eigenvalue weighted by atomic mass is 32.1. The van der Waals surface area contributed by atoms with Gasteiger partial charge in [-0.15, -0.1) is 11.3 Å². The van der Waals surface area contributed by atoms with E-state index in [1.165, 1.54) is 0 Å². The molecule has 2 N–H and O–H groups in total. The fourth-order valence-electron chi connectivity index (χ4n) is 3.77. The zero-order chi connectivity index (χ0) is 20.4. The van der Waals surface area contributed by atoms with Gasteiger partial charge in [0, 0.05) is 49.4 Å². The van der Waals surface area contributed by atoms with Crippen molar-refractivity contribution in [3.8, 4) is 0 Å². The molecule has 4 rings (SSSR count). The molecule has 152 valence electrons. The van der Waals surface area contributed by atoms with E-state index < -0.39 is 0 Å². The lowest BCUT2D eigenvalue weighted by atomic mass is 10.0. The summed E-state index contributed by atoms with van der Waals surface area (Å²) in [6, 6.07) is 3.96. The molecular formula is C21H25N5O2S. The number of rotatable bonds is 5. The number of aromatic nitrogens is 3. The summed E-state index contributed by atoms with van der Waals surface area (Å²) in [4.78, 5) is 40.3. The minimum Gasteiger partial charge on any atom is -0.338 e. The maximum absolute atomic E-state index is 12.5. The normalized spacial score (nSPS) is 15.2. The first-order chi connectivity index (χ1) is 14.0. The smallest absolute Gasteiger partial charge is 0.259 e. The summed E-state index contributed by atoms with van der Waals surface area (Å²) in [5.41, 5.74) is 1.62. The van der Waals surface area contributed by atoms with Gasteiger partial charge >= 0.3 is 0 Å². The number of H-pyrrole nitrogens is 1. The highest BCUT2D eigenvalue weighted by Crippen LogP contribution is 2.25. The molecule has 0 radical (unpaired) electrons. The molecule has 0 bridgehead atoms. The van der Waals surface area contributed by atoms with E-state index in [1.807, 2.05) is 18.7 Å². The summed E-state index contributed by atoms with van der Waals surface area (Å²) in [6.07, 6.45) is 5.80. The SMILES string of the molecule is Cc1sc2nc(CCNC3CCN(C(=O)c4cccnc4)CC3)[nH]c(=O)c2c1C. The van der Waals surface area contributed by atoms with Crippen LogP contribution in [0.1, 0.15) is 39.5 Å². The summed E-state index contributed by atoms with van der Waals surface area (Å²) in [5, 5.41) is 4.26. The number of fused-ring (bicyclic) bond motifs is 1. The number of aromatic amines is 1. The average molecular weight is 412 g/mol. The summed E-state index contributed by atoms with van der Waals surface area (Å²) < 4.78 is 0. The molecule has 0 aromatic carbocycles. The van der Waals surface area contributed by atoms with Crippen LogP contribution in [0, 0.1) is 13.8 Å². The van der Waals surface area contributed by atoms with Gasteiger partial charge in [0.1, 0.15) is 10.7 Å². The maximum Gasteiger partial charge on any atom is 0.259 e. The summed E-state index contributed by atoms with van der Waals surface area (Å²) in [5.74, 6) is 0.772. The highest BCUT2D eigenvalue weighted by molar-refractivity contribution is 7.18. The van der Waals surface area contributed by atoms with Crippen molar-refractivity contribution in [2.75, 3.05) is 19.6 Å². The molecule has 4 heterocycles. The van der Waals surface area contributed by atoms with Crippen molar-refractivity contribution >= 4 is 27.5 Å². The van der Waals surface area contributed by atoms with Crippen LogP contribution in [-0.4, -0.2) is 51.4 Å². The van der Waals surface area contributed by atoms with Gasteiger partial charge in [0.25, 0.3) is 11.5 Å². The van der Waals surface area contributed by atoms with E-state index in [-0.39, 0.29) is 11.5 Å². The van der Waals surface area contributed by atoms with Crippen molar-refractivity contribution in [2.45, 2.75) is 39.2 Å². The average Bonchev–Trinajstić information content (AvgIpc) is 3.02. The minimum absolute atomic E-state index is 0.0472. The predicted molar refractivity (Wildman–Crippen MR) is 115 cm³/mol. The first-order valence-corrected chi connectivity index (χ1v) is 10.8. The van der Waals surface area contributed by atoms with Gasteiger partial charge in [0.2, 0.25) is 0 Å². The second kappa shape index (κ2) is 8.42. The lowest BCUT2D eigenvalue weighted by Crippen LogP contribution is -2.45. The Bertz CT molecular complexity index is 1070. The molecular weight excluding hydrogens is 386 g/mol. The van der Waals surface area contributed by atoms with Gasteiger partial charge in [-0.05, 0) is 44.4 Å². The Kier molecular flexibility index (Phi) is 5.73. The van der Waals surface area contributed by atoms with Crippen molar-refractivity contribution in [1.29, 1.82) is 0 Å². The van der Waals surface area contributed by atoms with E-state index in [1.54, 1.807) is 35.9 Å². The Morgan fingerprint density at radius 3 is 2.86 bits per heavy atom. The number of pyridine rings is 1. The number of thiophene rings is 1. The lowest BCUT2D eigenvalue weighted by Gasteiger charge is -2.32. The number of hydrogen-bond acceptors (Lipinski definition) is 6. The van der Waals surface area contributed by atoms with Gasteiger partial charge in [-0.3, -0.25) is 14.6 Å². The van der Waals surface area contributed by atoms with E-state index in [0.29, 0.717) is 18.0 Å². The quantitative estimate of drug-likeness (QED) is 0.673. The Balaban J connectivity index is 1.28. The van der Waals surface area contributed by atoms with Gasteiger partial charge in [-0.2, -0.15) is 0 Å². The van der Waals surface area contributed by atoms with E-state index in [0.717, 1.165) is 59.0 Å². The van der Waals surface area contributed by atoms with Crippen LogP contribution in [0.4, 0.5) is 0 Å². The van der Waals surface area contributed by atoms with Crippen LogP contribution in [0.15, 0.2) is 29.3 Å². The topological polar surface area (TPSA) is 91.0 Å². The number of piperidine rings is 1. The zero-order valence-corrected chi connectivity index (χ0v) is 17.5. The van der Waals surface area contributed by atoms with Crippen LogP contribution in [0.25, 0.3) is 10.2 Å². The van der Waals surface area contributed by atoms with Crippen molar-refractivity contribution in [2.24, 2.45) is 0 Å². The third-order valence-corrected chi connectivity index (χ3v) is 6.67. The van der Waals surface area contributed by atoms with E-state index in [2.05, 4.69) is 20.3 Å². The molecule has 1 fully saturated rings. The zero-order valence-electron chi connectivity index (χ0n) is 16.7. The van der Waals surface area contributed by atoms with Crippen molar-refractivity contribution in [3.05, 3.63) is 56.7 Å². The molecule has 0 unspecified atom stereocenters. The van der Waals surface area contributed by atoms with Gasteiger partial charge in [-0.25, -0.2) is 4.98 Å². The number of likely N-dealkylation sites (tertiary alicyclic amines) is 1. The first kappa shape index (κ1) is 19.7. The highest BCUT2D eigenvalue weighted by Gasteiger charge is 2.23. The van der Waals surface area contributed by atoms with Gasteiger partial charge in [-0.1, -0.05) is 0 Å². The van der Waals surface area contributed by atoms with Gasteiger partial charge in [0.05, 0.1) is 10.9 Å². The Labute approximate surface area is 173 Å². The predicted octanol–water partition coefficient (Wildman–Crippen LogP) is 2.43. The van der Waals surface area contributed by atoms with Crippen LogP contribution in [0.3, 0.4) is 0 Å². The molecule has 0 atom stereocenters. The third kappa shape index (κ3) is 4.23. The van der Waals surface area contributed by atoms with E-state index in [4.69, 9.17) is 0 Å². The number of amides is 1. The Morgan fingerprint density at radius 2 is 2.14 bits per heavy atom. The molecule has 1 aliphatic heterocycles. The number of nitrogens with zero attached hydrogens (tertiary/aromatic N) is 3. The molecule has 7 nitrogen and oxygen atoms in total. The standard InChI is InChI=1S/C21H25N5O2S/c1-13-14(2)29-20-18(13)19(27)24-17(25-20)5-9-23-16-6-10-26(11-7-16)21(28)15-4-3-8-22-12-15/h3-4,8,12,16,23H,5-7,9-11H2,1-2H3,(H,24,25,27). The monoisotopic (exact) mass is 411 g/mol. The second-order valence-electron chi connectivity index (χ2n) is 7.49. The van der Waals surface area contributed by atoms with Crippen LogP contribution < -0.4 is 10.9 Å². The lowest BCUT2D eigenvalue weighted by molar-refractivity contribution is 0.0705. The molecule has 3 aromatic heterocycles. The Morgan fingerprint density at radius 1 is 1.34 bits per heavy atom. The van der Waals surface area contributed by atoms with Gasteiger partial charge in [0.15, 0.2) is 0 Å². The molecule has 3 aromatic rings. The fraction of sp³-hybridized carbons (Fsp3) is 0.429. The van der Waals surface area contributed by atoms with Crippen molar-refractivity contribution < 1.29 is 4.79 Å². The number of carbonyl (C=O) groups excluding carboxylic acids is 1. The van der Waals surface area contributed by atoms with Crippen LogP contribution >= 0.6 is 11.3 Å². The van der Waals surface area contributed by atoms with E-state index in [9.17, 15) is 9.59 Å². The summed E-state index contributed by atoms with van der Waals surface area (Å²) in [6.45, 7) is 6.21. The third-order valence-electron chi connectivity index (χ3n) is 5.57. The molecule has 0 aliphatic carbocycles. The number of carbonyl (C=O) groups is 1. The number of nitrogens with one attached hydrogen (secondary N) is 2. The molecule has 0 spiro atoms. The van der Waals surface area contributed by atoms with Crippen molar-refractivity contribution in [3.63, 3.8) is 0 Å². The van der Waals surface area contributed by atoms with Crippen LogP contribution in [0.2, 0.25) is 0 Å². The molecule has 29 heavy (non-hydrogen) atoms. The molecule has 0 saturated carbocycles. The molecule has 8 heteroatoms. The first-order valence-electron chi connectivity index (χ1n) is 9.94.